The van der Waals surface area contributed by atoms with Crippen LogP contribution in [0.15, 0.2) is 64.5 Å². The zero-order valence-corrected chi connectivity index (χ0v) is 19.6. The van der Waals surface area contributed by atoms with Crippen molar-refractivity contribution in [3.63, 3.8) is 0 Å². The second-order valence-electron chi connectivity index (χ2n) is 10.4. The van der Waals surface area contributed by atoms with E-state index in [1.165, 1.54) is 18.2 Å². The van der Waals surface area contributed by atoms with Gasteiger partial charge in [-0.3, -0.25) is 4.79 Å². The number of ketones is 1. The number of ether oxygens (including phenoxy) is 1. The van der Waals surface area contributed by atoms with Crippen LogP contribution in [0.5, 0.6) is 11.5 Å². The van der Waals surface area contributed by atoms with Gasteiger partial charge in [0.1, 0.15) is 6.10 Å². The fourth-order valence-corrected chi connectivity index (χ4v) is 5.67. The Kier molecular flexibility index (Phi) is 5.31. The number of phenols is 2. The topological polar surface area (TPSA) is 104 Å². The molecule has 174 valence electrons. The summed E-state index contributed by atoms with van der Waals surface area (Å²) in [6, 6.07) is 3.81. The first-order valence-corrected chi connectivity index (χ1v) is 11.2. The van der Waals surface area contributed by atoms with Gasteiger partial charge < -0.3 is 20.1 Å². The Morgan fingerprint density at radius 1 is 1.06 bits per heavy atom. The third-order valence-corrected chi connectivity index (χ3v) is 7.10. The monoisotopic (exact) mass is 450 g/mol. The largest absolute Gasteiger partial charge is 0.504 e. The van der Waals surface area contributed by atoms with Gasteiger partial charge in [0.25, 0.3) is 0 Å². The smallest absolute Gasteiger partial charge is 0.338 e. The molecule has 1 fully saturated rings. The highest BCUT2D eigenvalue weighted by Crippen LogP contribution is 2.59. The van der Waals surface area contributed by atoms with Crippen LogP contribution in [-0.2, 0) is 9.53 Å². The Labute approximate surface area is 193 Å². The van der Waals surface area contributed by atoms with Crippen LogP contribution in [0.25, 0.3) is 0 Å². The molecule has 0 aliphatic heterocycles. The molecule has 1 saturated carbocycles. The zero-order valence-electron chi connectivity index (χ0n) is 19.6. The number of carbonyl (C=O) groups excluding carboxylic acids is 2. The van der Waals surface area contributed by atoms with Crippen molar-refractivity contribution < 1.29 is 29.6 Å². The summed E-state index contributed by atoms with van der Waals surface area (Å²) in [6.07, 6.45) is 6.41. The molecule has 0 spiro atoms. The Balaban J connectivity index is 1.71. The summed E-state index contributed by atoms with van der Waals surface area (Å²) in [7, 11) is 0. The third kappa shape index (κ3) is 3.67. The number of rotatable bonds is 3. The number of phenolic OH excluding ortho intramolecular Hbond substituents is 2. The molecular formula is C27H30O6. The number of aromatic hydroxyl groups is 2. The molecule has 0 bridgehead atoms. The number of hydrogen-bond acceptors (Lipinski definition) is 6. The van der Waals surface area contributed by atoms with Crippen LogP contribution < -0.4 is 0 Å². The molecule has 3 N–H and O–H groups in total. The van der Waals surface area contributed by atoms with Gasteiger partial charge in [0.2, 0.25) is 5.78 Å². The molecule has 0 aromatic heterocycles. The summed E-state index contributed by atoms with van der Waals surface area (Å²) in [5.41, 5.74) is 2.16. The molecule has 0 heterocycles. The van der Waals surface area contributed by atoms with E-state index in [9.17, 15) is 24.9 Å². The number of benzene rings is 1. The maximum atomic E-state index is 13.0. The molecule has 6 heteroatoms. The Hall–Kier alpha value is -3.28. The first-order valence-electron chi connectivity index (χ1n) is 11.2. The quantitative estimate of drug-likeness (QED) is 0.427. The van der Waals surface area contributed by atoms with Crippen LogP contribution in [-0.4, -0.2) is 33.2 Å². The first kappa shape index (κ1) is 22.9. The van der Waals surface area contributed by atoms with Crippen molar-refractivity contribution in [2.75, 3.05) is 0 Å². The van der Waals surface area contributed by atoms with Gasteiger partial charge in [-0.1, -0.05) is 52.3 Å². The maximum absolute atomic E-state index is 13.0. The standard InChI is InChI=1S/C27H30O6/c1-14(2)18-10-15-7-9-21-26(3,4)12-17(13-27(21,5)22(15)24(31)23(18)30)33-25(32)16-6-8-19(28)20(29)11-16/h6-11,14,17,28-29,31H,12-13H2,1-5H3/t17-,27-/m0/s1. The fraction of sp³-hybridized carbons (Fsp3) is 0.407. The molecule has 3 aliphatic rings. The van der Waals surface area contributed by atoms with E-state index in [0.29, 0.717) is 24.0 Å². The minimum Gasteiger partial charge on any atom is -0.504 e. The number of aliphatic hydroxyl groups is 1. The molecule has 1 aromatic carbocycles. The summed E-state index contributed by atoms with van der Waals surface area (Å²) < 4.78 is 5.84. The van der Waals surface area contributed by atoms with Crippen molar-refractivity contribution >= 4 is 11.8 Å². The average molecular weight is 451 g/mol. The molecule has 2 atom stereocenters. The van der Waals surface area contributed by atoms with Gasteiger partial charge in [-0.05, 0) is 54.0 Å². The highest BCUT2D eigenvalue weighted by molar-refractivity contribution is 6.10. The second kappa shape index (κ2) is 7.65. The molecular weight excluding hydrogens is 420 g/mol. The van der Waals surface area contributed by atoms with E-state index < -0.39 is 23.2 Å². The number of esters is 1. The molecule has 33 heavy (non-hydrogen) atoms. The Bertz CT molecular complexity index is 1180. The van der Waals surface area contributed by atoms with E-state index in [2.05, 4.69) is 19.9 Å². The van der Waals surface area contributed by atoms with Crippen molar-refractivity contribution in [3.05, 3.63) is 70.0 Å². The number of aliphatic hydroxyl groups excluding tert-OH is 1. The van der Waals surface area contributed by atoms with Gasteiger partial charge in [0, 0.05) is 16.6 Å². The second-order valence-corrected chi connectivity index (χ2v) is 10.4. The van der Waals surface area contributed by atoms with Crippen molar-refractivity contribution in [1.29, 1.82) is 0 Å². The molecule has 4 rings (SSSR count). The van der Waals surface area contributed by atoms with Crippen molar-refractivity contribution in [2.45, 2.75) is 53.6 Å². The molecule has 0 unspecified atom stereocenters. The lowest BCUT2D eigenvalue weighted by molar-refractivity contribution is -0.115. The number of carbonyl (C=O) groups is 2. The van der Waals surface area contributed by atoms with Crippen LogP contribution in [0.4, 0.5) is 0 Å². The van der Waals surface area contributed by atoms with Crippen LogP contribution in [0.3, 0.4) is 0 Å². The lowest BCUT2D eigenvalue weighted by Gasteiger charge is -2.52. The van der Waals surface area contributed by atoms with E-state index >= 15 is 0 Å². The van der Waals surface area contributed by atoms with Crippen molar-refractivity contribution in [1.82, 2.24) is 0 Å². The molecule has 3 aliphatic carbocycles. The van der Waals surface area contributed by atoms with E-state index in [4.69, 9.17) is 4.74 Å². The predicted octanol–water partition coefficient (Wildman–Crippen LogP) is 5.29. The molecule has 6 nitrogen and oxygen atoms in total. The summed E-state index contributed by atoms with van der Waals surface area (Å²) in [6.45, 7) is 9.98. The summed E-state index contributed by atoms with van der Waals surface area (Å²) in [5, 5.41) is 30.3. The fourth-order valence-electron chi connectivity index (χ4n) is 5.67. The van der Waals surface area contributed by atoms with Crippen molar-refractivity contribution in [2.24, 2.45) is 16.7 Å². The SMILES string of the molecule is CC(C)C1=CC2=CC=C3C(C)(C)C[C@H](OC(=O)c4ccc(O)c(O)c4)C[C@]3(C)C2=C(O)C1=O. The maximum Gasteiger partial charge on any atom is 0.338 e. The Morgan fingerprint density at radius 3 is 2.39 bits per heavy atom. The van der Waals surface area contributed by atoms with Crippen LogP contribution >= 0.6 is 0 Å². The zero-order chi connectivity index (χ0) is 24.3. The highest BCUT2D eigenvalue weighted by atomic mass is 16.5. The van der Waals surface area contributed by atoms with Crippen LogP contribution in [0, 0.1) is 16.7 Å². The number of hydrogen-bond donors (Lipinski definition) is 3. The first-order chi connectivity index (χ1) is 15.3. The normalized spacial score (nSPS) is 26.2. The van der Waals surface area contributed by atoms with Crippen molar-refractivity contribution in [3.8, 4) is 11.5 Å². The van der Waals surface area contributed by atoms with Crippen LogP contribution in [0.2, 0.25) is 0 Å². The lowest BCUT2D eigenvalue weighted by Crippen LogP contribution is -2.46. The predicted molar refractivity (Wildman–Crippen MR) is 124 cm³/mol. The minimum atomic E-state index is -0.688. The Morgan fingerprint density at radius 2 is 1.76 bits per heavy atom. The molecule has 0 radical (unpaired) electrons. The molecule has 1 aromatic rings. The van der Waals surface area contributed by atoms with E-state index in [1.807, 2.05) is 32.9 Å². The number of Topliss-reactive ketones (excluding diaryl/α,β-unsaturated/α-hetero) is 1. The summed E-state index contributed by atoms with van der Waals surface area (Å²) >= 11 is 0. The summed E-state index contributed by atoms with van der Waals surface area (Å²) in [5.74, 6) is -1.90. The average Bonchev–Trinajstić information content (AvgIpc) is 2.70. The molecule has 0 amide bonds. The van der Waals surface area contributed by atoms with E-state index in [1.54, 1.807) is 0 Å². The number of allylic oxidation sites excluding steroid dienone is 7. The van der Waals surface area contributed by atoms with Gasteiger partial charge in [-0.25, -0.2) is 4.79 Å². The van der Waals surface area contributed by atoms with E-state index in [-0.39, 0.29) is 34.2 Å². The number of fused-ring (bicyclic) bond motifs is 3. The van der Waals surface area contributed by atoms with E-state index in [0.717, 1.165) is 11.1 Å². The lowest BCUT2D eigenvalue weighted by atomic mass is 9.53. The summed E-state index contributed by atoms with van der Waals surface area (Å²) in [4.78, 5) is 25.8. The third-order valence-electron chi connectivity index (χ3n) is 7.10. The van der Waals surface area contributed by atoms with Gasteiger partial charge in [0.15, 0.2) is 17.3 Å². The van der Waals surface area contributed by atoms with Crippen LogP contribution in [0.1, 0.15) is 57.8 Å². The highest BCUT2D eigenvalue weighted by Gasteiger charge is 2.52. The van der Waals surface area contributed by atoms with Gasteiger partial charge in [0.05, 0.1) is 5.56 Å². The van der Waals surface area contributed by atoms with Gasteiger partial charge in [-0.2, -0.15) is 0 Å². The minimum absolute atomic E-state index is 0.0153. The molecule has 0 saturated heterocycles. The van der Waals surface area contributed by atoms with Gasteiger partial charge >= 0.3 is 5.97 Å². The van der Waals surface area contributed by atoms with Gasteiger partial charge in [-0.15, -0.1) is 0 Å².